The smallest absolute Gasteiger partial charge is 0.335 e. The maximum atomic E-state index is 15.0. The van der Waals surface area contributed by atoms with Crippen LogP contribution >= 0.6 is 23.2 Å². The van der Waals surface area contributed by atoms with E-state index in [2.05, 4.69) is 22.9 Å². The number of para-hydroxylation sites is 1. The molecule has 0 saturated carbocycles. The predicted octanol–water partition coefficient (Wildman–Crippen LogP) is 7.92. The molecule has 2 heterocycles. The van der Waals surface area contributed by atoms with Crippen molar-refractivity contribution in [2.75, 3.05) is 6.54 Å². The van der Waals surface area contributed by atoms with Crippen molar-refractivity contribution in [1.82, 2.24) is 9.88 Å². The first kappa shape index (κ1) is 24.8. The molecule has 2 atom stereocenters. The number of benzene rings is 3. The number of aromatic carboxylic acids is 1. The van der Waals surface area contributed by atoms with E-state index in [1.54, 1.807) is 38.1 Å². The fourth-order valence-electron chi connectivity index (χ4n) is 5.32. The Morgan fingerprint density at radius 1 is 1.08 bits per heavy atom. The average Bonchev–Trinajstić information content (AvgIpc) is 3.17. The summed E-state index contributed by atoms with van der Waals surface area (Å²) in [4.78, 5) is 16.9. The van der Waals surface area contributed by atoms with Crippen molar-refractivity contribution in [3.63, 3.8) is 0 Å². The van der Waals surface area contributed by atoms with Gasteiger partial charge >= 0.3 is 5.97 Å². The minimum atomic E-state index is -1.42. The second-order valence-electron chi connectivity index (χ2n) is 10.1. The van der Waals surface area contributed by atoms with Gasteiger partial charge in [-0.05, 0) is 74.2 Å². The topological polar surface area (TPSA) is 56.3 Å². The SMILES string of the molecule is C[C@@H]1Cc2c([nH]c3ccccc23)[C@@H](c2c(Cl)cc(-c3ccc(C(=O)O)cc3)cc2Cl)N1CC(C)(C)F. The van der Waals surface area contributed by atoms with Gasteiger partial charge in [-0.1, -0.05) is 53.5 Å². The molecule has 7 heteroatoms. The van der Waals surface area contributed by atoms with Crippen molar-refractivity contribution in [2.24, 2.45) is 0 Å². The molecule has 4 nitrogen and oxygen atoms in total. The second-order valence-corrected chi connectivity index (χ2v) is 11.0. The van der Waals surface area contributed by atoms with Crippen LogP contribution in [0.15, 0.2) is 60.7 Å². The number of rotatable bonds is 5. The number of H-pyrrole nitrogens is 1. The fraction of sp³-hybridized carbons (Fsp3) is 0.276. The summed E-state index contributed by atoms with van der Waals surface area (Å²) in [5, 5.41) is 11.3. The van der Waals surface area contributed by atoms with Crippen LogP contribution in [0.5, 0.6) is 0 Å². The third-order valence-electron chi connectivity index (χ3n) is 6.89. The van der Waals surface area contributed by atoms with Crippen molar-refractivity contribution < 1.29 is 14.3 Å². The highest BCUT2D eigenvalue weighted by molar-refractivity contribution is 6.36. The zero-order valence-electron chi connectivity index (χ0n) is 20.3. The molecule has 1 aliphatic rings. The highest BCUT2D eigenvalue weighted by Gasteiger charge is 2.40. The molecule has 5 rings (SSSR count). The number of halogens is 3. The van der Waals surface area contributed by atoms with Gasteiger partial charge in [0.2, 0.25) is 0 Å². The van der Waals surface area contributed by atoms with Crippen molar-refractivity contribution >= 4 is 40.1 Å². The summed E-state index contributed by atoms with van der Waals surface area (Å²) in [5.41, 5.74) is 4.33. The van der Waals surface area contributed by atoms with Crippen LogP contribution in [0.2, 0.25) is 10.0 Å². The summed E-state index contributed by atoms with van der Waals surface area (Å²) in [6.07, 6.45) is 0.787. The highest BCUT2D eigenvalue weighted by Crippen LogP contribution is 2.46. The lowest BCUT2D eigenvalue weighted by Crippen LogP contribution is -2.47. The van der Waals surface area contributed by atoms with E-state index in [4.69, 9.17) is 23.2 Å². The molecule has 0 unspecified atom stereocenters. The van der Waals surface area contributed by atoms with Gasteiger partial charge in [0.15, 0.2) is 0 Å². The van der Waals surface area contributed by atoms with Gasteiger partial charge in [0.25, 0.3) is 0 Å². The van der Waals surface area contributed by atoms with E-state index in [1.165, 1.54) is 5.56 Å². The fourth-order valence-corrected chi connectivity index (χ4v) is 6.01. The third kappa shape index (κ3) is 4.52. The molecule has 2 N–H and O–H groups in total. The van der Waals surface area contributed by atoms with E-state index in [0.29, 0.717) is 10.0 Å². The Hall–Kier alpha value is -2.86. The molecule has 0 aliphatic carbocycles. The number of hydrogen-bond donors (Lipinski definition) is 2. The number of carboxylic acid groups (broad SMARTS) is 1. The zero-order valence-corrected chi connectivity index (χ0v) is 21.8. The van der Waals surface area contributed by atoms with Crippen molar-refractivity contribution in [3.05, 3.63) is 93.1 Å². The highest BCUT2D eigenvalue weighted by atomic mass is 35.5. The molecule has 4 aromatic rings. The standard InChI is InChI=1S/C29H27Cl2FN2O2/c1-16-12-21-20-6-4-5-7-24(20)33-26(21)27(34(16)15-29(2,3)32)25-22(30)13-19(14-23(25)31)17-8-10-18(11-9-17)28(35)36/h4-11,13-14,16,27,33H,12,15H2,1-3H3,(H,35,36)/t16-,27-/m1/s1. The number of hydrogen-bond acceptors (Lipinski definition) is 2. The lowest BCUT2D eigenvalue weighted by atomic mass is 9.87. The van der Waals surface area contributed by atoms with Gasteiger partial charge in [0, 0.05) is 44.8 Å². The molecule has 1 aromatic heterocycles. The summed E-state index contributed by atoms with van der Waals surface area (Å²) in [6, 6.07) is 18.2. The largest absolute Gasteiger partial charge is 0.478 e. The van der Waals surface area contributed by atoms with E-state index in [0.717, 1.165) is 39.7 Å². The number of carboxylic acids is 1. The number of fused-ring (bicyclic) bond motifs is 3. The van der Waals surface area contributed by atoms with Crippen molar-refractivity contribution in [2.45, 2.75) is 44.9 Å². The summed E-state index contributed by atoms with van der Waals surface area (Å²) < 4.78 is 15.0. The van der Waals surface area contributed by atoms with Gasteiger partial charge < -0.3 is 10.1 Å². The Morgan fingerprint density at radius 2 is 1.72 bits per heavy atom. The van der Waals surface area contributed by atoms with E-state index in [9.17, 15) is 9.90 Å². The molecule has 0 saturated heterocycles. The molecule has 0 amide bonds. The summed E-state index contributed by atoms with van der Waals surface area (Å²) >= 11 is 13.9. The molecule has 0 radical (unpaired) electrons. The monoisotopic (exact) mass is 524 g/mol. The van der Waals surface area contributed by atoms with Gasteiger partial charge in [0.05, 0.1) is 11.6 Å². The molecule has 0 spiro atoms. The van der Waals surface area contributed by atoms with Gasteiger partial charge in [-0.2, -0.15) is 0 Å². The van der Waals surface area contributed by atoms with E-state index < -0.39 is 11.6 Å². The zero-order chi connectivity index (χ0) is 25.8. The molecule has 0 fully saturated rings. The van der Waals surface area contributed by atoms with Crippen LogP contribution in [-0.4, -0.2) is 39.2 Å². The molecule has 186 valence electrons. The van der Waals surface area contributed by atoms with Gasteiger partial charge in [-0.15, -0.1) is 0 Å². The normalized spacial score (nSPS) is 18.4. The Balaban J connectivity index is 1.66. The average molecular weight is 525 g/mol. The lowest BCUT2D eigenvalue weighted by Gasteiger charge is -2.43. The van der Waals surface area contributed by atoms with Crippen LogP contribution in [-0.2, 0) is 6.42 Å². The number of aromatic nitrogens is 1. The van der Waals surface area contributed by atoms with Gasteiger partial charge in [-0.3, -0.25) is 4.90 Å². The van der Waals surface area contributed by atoms with E-state index >= 15 is 4.39 Å². The van der Waals surface area contributed by atoms with Crippen LogP contribution in [0.4, 0.5) is 4.39 Å². The maximum absolute atomic E-state index is 15.0. The summed E-state index contributed by atoms with van der Waals surface area (Å²) in [5.74, 6) is -0.982. The Labute approximate surface area is 219 Å². The molecule has 3 aromatic carbocycles. The first-order valence-corrected chi connectivity index (χ1v) is 12.7. The second kappa shape index (κ2) is 9.22. The Bertz CT molecular complexity index is 1430. The first-order valence-electron chi connectivity index (χ1n) is 11.9. The van der Waals surface area contributed by atoms with E-state index in [1.807, 2.05) is 30.3 Å². The third-order valence-corrected chi connectivity index (χ3v) is 7.52. The predicted molar refractivity (Wildman–Crippen MR) is 144 cm³/mol. The number of carbonyl (C=O) groups is 1. The van der Waals surface area contributed by atoms with Crippen LogP contribution in [0.3, 0.4) is 0 Å². The Kier molecular flexibility index (Phi) is 6.36. The van der Waals surface area contributed by atoms with Crippen LogP contribution in [0.25, 0.3) is 22.0 Å². The molecular weight excluding hydrogens is 498 g/mol. The number of alkyl halides is 1. The summed E-state index contributed by atoms with van der Waals surface area (Å²) in [6.45, 7) is 5.51. The number of nitrogens with one attached hydrogen (secondary N) is 1. The van der Waals surface area contributed by atoms with Crippen molar-refractivity contribution in [3.8, 4) is 11.1 Å². The number of nitrogens with zero attached hydrogens (tertiary/aromatic N) is 1. The van der Waals surface area contributed by atoms with E-state index in [-0.39, 0.29) is 24.2 Å². The molecule has 0 bridgehead atoms. The first-order chi connectivity index (χ1) is 17.0. The van der Waals surface area contributed by atoms with Gasteiger partial charge in [0.1, 0.15) is 5.67 Å². The van der Waals surface area contributed by atoms with Crippen LogP contribution in [0, 0.1) is 0 Å². The lowest BCUT2D eigenvalue weighted by molar-refractivity contribution is 0.0668. The van der Waals surface area contributed by atoms with Crippen LogP contribution < -0.4 is 0 Å². The number of aromatic amines is 1. The Morgan fingerprint density at radius 3 is 2.33 bits per heavy atom. The quantitative estimate of drug-likeness (QED) is 0.278. The maximum Gasteiger partial charge on any atom is 0.335 e. The van der Waals surface area contributed by atoms with Crippen LogP contribution in [0.1, 0.15) is 54.0 Å². The van der Waals surface area contributed by atoms with Gasteiger partial charge in [-0.25, -0.2) is 9.18 Å². The van der Waals surface area contributed by atoms with Crippen molar-refractivity contribution in [1.29, 1.82) is 0 Å². The molecular formula is C29H27Cl2FN2O2. The minimum absolute atomic E-state index is 0.0621. The molecule has 36 heavy (non-hydrogen) atoms. The summed E-state index contributed by atoms with van der Waals surface area (Å²) in [7, 11) is 0. The minimum Gasteiger partial charge on any atom is -0.478 e. The molecule has 1 aliphatic heterocycles.